The Morgan fingerprint density at radius 3 is 2.49 bits per heavy atom. The molecule has 5 rings (SSSR count). The van der Waals surface area contributed by atoms with Gasteiger partial charge in [0.25, 0.3) is 5.92 Å². The number of halogens is 8. The number of rotatable bonds is 7. The van der Waals surface area contributed by atoms with E-state index in [0.717, 1.165) is 18.2 Å². The summed E-state index contributed by atoms with van der Waals surface area (Å²) in [4.78, 5) is 21.5. The first-order valence-corrected chi connectivity index (χ1v) is 13.4. The lowest BCUT2D eigenvalue weighted by molar-refractivity contribution is -0.142. The SMILES string of the molecule is CSc1ncc(Br)c([C@H](Cc2cc(F)cc(F)c2)NC(=O)Cn2nc(C(F)(F)F)c3c2C(F)(F)[C@@H]2C=C[C@H]32)n1. The van der Waals surface area contributed by atoms with Crippen molar-refractivity contribution in [1.82, 2.24) is 25.1 Å². The number of carbonyl (C=O) groups excluding carboxylic acids is 1. The largest absolute Gasteiger partial charge is 0.435 e. The third kappa shape index (κ3) is 5.06. The molecular weight excluding hydrogens is 619 g/mol. The summed E-state index contributed by atoms with van der Waals surface area (Å²) in [5, 5.41) is 6.22. The zero-order chi connectivity index (χ0) is 28.3. The molecule has 0 radical (unpaired) electrons. The number of amides is 1. The lowest BCUT2D eigenvalue weighted by Gasteiger charge is -2.27. The fourth-order valence-electron chi connectivity index (χ4n) is 4.84. The number of benzene rings is 1. The van der Waals surface area contributed by atoms with Gasteiger partial charge < -0.3 is 5.32 Å². The number of alkyl halides is 5. The molecule has 15 heteroatoms. The molecule has 39 heavy (non-hydrogen) atoms. The lowest BCUT2D eigenvalue weighted by Crippen LogP contribution is -2.35. The second-order valence-electron chi connectivity index (χ2n) is 9.02. The molecule has 2 aliphatic rings. The summed E-state index contributed by atoms with van der Waals surface area (Å²) >= 11 is 4.46. The highest BCUT2D eigenvalue weighted by molar-refractivity contribution is 9.10. The maximum atomic E-state index is 15.1. The average molecular weight is 636 g/mol. The van der Waals surface area contributed by atoms with E-state index in [0.29, 0.717) is 20.4 Å². The third-order valence-corrected chi connectivity index (χ3v) is 7.66. The molecule has 0 bridgehead atoms. The van der Waals surface area contributed by atoms with E-state index in [1.54, 1.807) is 6.26 Å². The van der Waals surface area contributed by atoms with E-state index in [1.807, 2.05) is 0 Å². The molecule has 3 aromatic rings. The van der Waals surface area contributed by atoms with Crippen LogP contribution in [0, 0.1) is 17.6 Å². The van der Waals surface area contributed by atoms with Crippen LogP contribution in [0.25, 0.3) is 0 Å². The number of fused-ring (bicyclic) bond motifs is 3. The molecule has 206 valence electrons. The van der Waals surface area contributed by atoms with E-state index >= 15 is 8.78 Å². The molecule has 0 fully saturated rings. The topological polar surface area (TPSA) is 72.7 Å². The Kier molecular flexibility index (Phi) is 7.02. The van der Waals surface area contributed by atoms with Gasteiger partial charge in [-0.15, -0.1) is 0 Å². The summed E-state index contributed by atoms with van der Waals surface area (Å²) in [5.74, 6) is -8.94. The van der Waals surface area contributed by atoms with E-state index in [1.165, 1.54) is 24.0 Å². The van der Waals surface area contributed by atoms with Crippen molar-refractivity contribution in [1.29, 1.82) is 0 Å². The highest BCUT2D eigenvalue weighted by Crippen LogP contribution is 2.60. The van der Waals surface area contributed by atoms with Crippen LogP contribution < -0.4 is 5.32 Å². The van der Waals surface area contributed by atoms with E-state index < -0.39 is 71.0 Å². The average Bonchev–Trinajstić information content (AvgIpc) is 3.23. The van der Waals surface area contributed by atoms with E-state index in [-0.39, 0.29) is 17.7 Å². The van der Waals surface area contributed by atoms with Gasteiger partial charge in [-0.2, -0.15) is 27.1 Å². The Morgan fingerprint density at radius 1 is 1.21 bits per heavy atom. The number of nitrogens with one attached hydrogen (secondary N) is 1. The quantitative estimate of drug-likeness (QED) is 0.151. The van der Waals surface area contributed by atoms with Crippen LogP contribution in [0.15, 0.2) is 46.2 Å². The van der Waals surface area contributed by atoms with Crippen molar-refractivity contribution >= 4 is 33.6 Å². The van der Waals surface area contributed by atoms with Gasteiger partial charge in [-0.05, 0) is 46.3 Å². The zero-order valence-corrected chi connectivity index (χ0v) is 22.1. The van der Waals surface area contributed by atoms with Gasteiger partial charge in [-0.3, -0.25) is 9.48 Å². The molecule has 6 nitrogen and oxygen atoms in total. The van der Waals surface area contributed by atoms with Crippen LogP contribution in [0.3, 0.4) is 0 Å². The standard InChI is InChI=1S/C24H17BrF7N5OS/c1-39-22-33-8-15(25)19(35-22)16(6-10-4-11(26)7-12(27)5-10)34-17(38)9-37-21-18(20(36-37)24(30,31)32)13-2-3-14(13)23(21,28)29/h2-5,7-8,13-14,16H,6,9H2,1H3,(H,34,38)/t13-,14+,16-/m0/s1. The van der Waals surface area contributed by atoms with Crippen LogP contribution in [0.1, 0.15) is 40.2 Å². The fourth-order valence-corrected chi connectivity index (χ4v) is 5.66. The number of nitrogens with zero attached hydrogens (tertiary/aromatic N) is 4. The summed E-state index contributed by atoms with van der Waals surface area (Å²) < 4.78 is 99.6. The minimum absolute atomic E-state index is 0.141. The molecule has 0 saturated carbocycles. The molecule has 0 spiro atoms. The molecule has 3 atom stereocenters. The molecule has 0 aliphatic heterocycles. The van der Waals surface area contributed by atoms with Gasteiger partial charge in [0, 0.05) is 23.7 Å². The van der Waals surface area contributed by atoms with Gasteiger partial charge in [-0.25, -0.2) is 18.7 Å². The van der Waals surface area contributed by atoms with Gasteiger partial charge in [0.2, 0.25) is 5.91 Å². The Bertz CT molecular complexity index is 1470. The normalized spacial score (nSPS) is 19.8. The van der Waals surface area contributed by atoms with Crippen LogP contribution in [0.4, 0.5) is 30.7 Å². The van der Waals surface area contributed by atoms with Gasteiger partial charge in [-0.1, -0.05) is 23.9 Å². The molecule has 1 amide bonds. The second-order valence-corrected chi connectivity index (χ2v) is 10.6. The van der Waals surface area contributed by atoms with Gasteiger partial charge in [0.1, 0.15) is 23.9 Å². The molecule has 1 aromatic carbocycles. The van der Waals surface area contributed by atoms with Crippen molar-refractivity contribution in [3.05, 3.63) is 80.9 Å². The highest BCUT2D eigenvalue weighted by Gasteiger charge is 2.61. The molecule has 2 aromatic heterocycles. The minimum Gasteiger partial charge on any atom is -0.346 e. The summed E-state index contributed by atoms with van der Waals surface area (Å²) in [6.45, 7) is -0.959. The van der Waals surface area contributed by atoms with Gasteiger partial charge in [0.05, 0.1) is 22.1 Å². The Balaban J connectivity index is 1.49. The summed E-state index contributed by atoms with van der Waals surface area (Å²) in [6.07, 6.45) is 0.304. The van der Waals surface area contributed by atoms with Crippen molar-refractivity contribution in [2.45, 2.75) is 42.2 Å². The smallest absolute Gasteiger partial charge is 0.346 e. The summed E-state index contributed by atoms with van der Waals surface area (Å²) in [6, 6.07) is 1.70. The van der Waals surface area contributed by atoms with E-state index in [2.05, 4.69) is 36.3 Å². The van der Waals surface area contributed by atoms with Crippen molar-refractivity contribution in [3.8, 4) is 0 Å². The Morgan fingerprint density at radius 2 is 1.90 bits per heavy atom. The van der Waals surface area contributed by atoms with Crippen LogP contribution in [-0.2, 0) is 29.9 Å². The highest BCUT2D eigenvalue weighted by atomic mass is 79.9. The number of hydrogen-bond donors (Lipinski definition) is 1. The number of carbonyl (C=O) groups is 1. The molecule has 2 aliphatic carbocycles. The van der Waals surface area contributed by atoms with E-state index in [4.69, 9.17) is 0 Å². The first kappa shape index (κ1) is 27.6. The zero-order valence-electron chi connectivity index (χ0n) is 19.7. The van der Waals surface area contributed by atoms with Crippen molar-refractivity contribution in [2.24, 2.45) is 5.92 Å². The summed E-state index contributed by atoms with van der Waals surface area (Å²) in [7, 11) is 0. The first-order valence-electron chi connectivity index (χ1n) is 11.3. The molecule has 1 N–H and O–H groups in total. The second kappa shape index (κ2) is 9.91. The number of hydrogen-bond acceptors (Lipinski definition) is 5. The maximum absolute atomic E-state index is 15.1. The van der Waals surface area contributed by atoms with Crippen LogP contribution in [0.5, 0.6) is 0 Å². The first-order chi connectivity index (χ1) is 18.3. The number of thioether (sulfide) groups is 1. The maximum Gasteiger partial charge on any atom is 0.435 e. The van der Waals surface area contributed by atoms with Crippen LogP contribution in [-0.4, -0.2) is 31.9 Å². The molecule has 2 heterocycles. The number of allylic oxidation sites excluding steroid dienone is 2. The van der Waals surface area contributed by atoms with Crippen molar-refractivity contribution in [2.75, 3.05) is 6.26 Å². The molecule has 0 saturated heterocycles. The predicted octanol–water partition coefficient (Wildman–Crippen LogP) is 5.93. The van der Waals surface area contributed by atoms with Gasteiger partial charge in [0.15, 0.2) is 10.9 Å². The minimum atomic E-state index is -5.01. The van der Waals surface area contributed by atoms with Gasteiger partial charge >= 0.3 is 6.18 Å². The van der Waals surface area contributed by atoms with Crippen molar-refractivity contribution < 1.29 is 35.5 Å². The van der Waals surface area contributed by atoms with Crippen molar-refractivity contribution in [3.63, 3.8) is 0 Å². The lowest BCUT2D eigenvalue weighted by atomic mass is 9.81. The van der Waals surface area contributed by atoms with Crippen LogP contribution in [0.2, 0.25) is 0 Å². The fraction of sp³-hybridized carbons (Fsp3) is 0.333. The summed E-state index contributed by atoms with van der Waals surface area (Å²) in [5.41, 5.74) is -2.70. The molecular formula is C24H17BrF7N5OS. The monoisotopic (exact) mass is 635 g/mol. The Hall–Kier alpha value is -2.94. The number of aromatic nitrogens is 4. The molecule has 0 unspecified atom stereocenters. The Labute approximate surface area is 229 Å². The van der Waals surface area contributed by atoms with E-state index in [9.17, 15) is 26.7 Å². The predicted molar refractivity (Wildman–Crippen MR) is 129 cm³/mol. The van der Waals surface area contributed by atoms with Crippen LogP contribution >= 0.6 is 27.7 Å². The third-order valence-electron chi connectivity index (χ3n) is 6.49.